The standard InChI is InChI=1S/C18H16ClN5O3/c1-11-3-5-12(6-4-11)24-17(21-22-23-24)7-8-20-15-10-16(27-2)13(18(25)26)9-14(15)19/h3-10,20H,1-2H3,(H,25,26)/b8-7+. The lowest BCUT2D eigenvalue weighted by Gasteiger charge is -2.10. The van der Waals surface area contributed by atoms with Crippen LogP contribution in [0.4, 0.5) is 5.69 Å². The summed E-state index contributed by atoms with van der Waals surface area (Å²) < 4.78 is 6.69. The van der Waals surface area contributed by atoms with Crippen LogP contribution >= 0.6 is 11.6 Å². The van der Waals surface area contributed by atoms with Gasteiger partial charge in [0.15, 0.2) is 5.82 Å². The van der Waals surface area contributed by atoms with Gasteiger partial charge in [0.1, 0.15) is 11.3 Å². The summed E-state index contributed by atoms with van der Waals surface area (Å²) in [7, 11) is 1.39. The van der Waals surface area contributed by atoms with E-state index < -0.39 is 5.97 Å². The van der Waals surface area contributed by atoms with Crippen molar-refractivity contribution in [3.8, 4) is 11.4 Å². The molecule has 0 aliphatic heterocycles. The number of carbonyl (C=O) groups is 1. The van der Waals surface area contributed by atoms with E-state index in [2.05, 4.69) is 20.8 Å². The number of aryl methyl sites for hydroxylation is 1. The maximum Gasteiger partial charge on any atom is 0.339 e. The molecule has 0 spiro atoms. The van der Waals surface area contributed by atoms with E-state index in [4.69, 9.17) is 16.3 Å². The van der Waals surface area contributed by atoms with E-state index in [-0.39, 0.29) is 16.3 Å². The predicted octanol–water partition coefficient (Wildman–Crippen LogP) is 3.41. The van der Waals surface area contributed by atoms with Gasteiger partial charge >= 0.3 is 5.97 Å². The first-order chi connectivity index (χ1) is 13.0. The Morgan fingerprint density at radius 3 is 2.70 bits per heavy atom. The number of carboxylic acids is 1. The summed E-state index contributed by atoms with van der Waals surface area (Å²) in [4.78, 5) is 11.2. The summed E-state index contributed by atoms with van der Waals surface area (Å²) in [6, 6.07) is 10.6. The van der Waals surface area contributed by atoms with Crippen LogP contribution < -0.4 is 10.1 Å². The molecule has 0 aliphatic rings. The molecule has 1 aromatic heterocycles. The normalized spacial score (nSPS) is 10.9. The fourth-order valence-electron chi connectivity index (χ4n) is 2.37. The topological polar surface area (TPSA) is 102 Å². The van der Waals surface area contributed by atoms with Crippen LogP contribution in [0, 0.1) is 6.92 Å². The molecule has 0 fully saturated rings. The van der Waals surface area contributed by atoms with Crippen molar-refractivity contribution in [2.45, 2.75) is 6.92 Å². The Labute approximate surface area is 160 Å². The molecule has 0 radical (unpaired) electrons. The average molecular weight is 386 g/mol. The molecule has 138 valence electrons. The third kappa shape index (κ3) is 4.06. The van der Waals surface area contributed by atoms with Gasteiger partial charge in [0.05, 0.1) is 23.5 Å². The van der Waals surface area contributed by atoms with Crippen LogP contribution in [-0.2, 0) is 0 Å². The van der Waals surface area contributed by atoms with Crippen molar-refractivity contribution < 1.29 is 14.6 Å². The van der Waals surface area contributed by atoms with E-state index in [0.717, 1.165) is 11.3 Å². The van der Waals surface area contributed by atoms with E-state index in [1.807, 2.05) is 31.2 Å². The van der Waals surface area contributed by atoms with Crippen molar-refractivity contribution in [2.75, 3.05) is 12.4 Å². The van der Waals surface area contributed by atoms with Gasteiger partial charge in [0.2, 0.25) is 0 Å². The van der Waals surface area contributed by atoms with Gasteiger partial charge in [-0.3, -0.25) is 0 Å². The number of halogens is 1. The lowest BCUT2D eigenvalue weighted by Crippen LogP contribution is -2.02. The number of hydrogen-bond acceptors (Lipinski definition) is 6. The molecule has 8 nitrogen and oxygen atoms in total. The minimum Gasteiger partial charge on any atom is -0.496 e. The second-order valence-corrected chi connectivity index (χ2v) is 6.01. The number of methoxy groups -OCH3 is 1. The van der Waals surface area contributed by atoms with Crippen LogP contribution in [0.25, 0.3) is 11.8 Å². The summed E-state index contributed by atoms with van der Waals surface area (Å²) in [6.07, 6.45) is 3.28. The van der Waals surface area contributed by atoms with Crippen LogP contribution in [0.1, 0.15) is 21.7 Å². The number of anilines is 1. The monoisotopic (exact) mass is 385 g/mol. The molecular formula is C18H16ClN5O3. The van der Waals surface area contributed by atoms with Crippen LogP contribution in [-0.4, -0.2) is 38.4 Å². The molecule has 0 saturated carbocycles. The highest BCUT2D eigenvalue weighted by atomic mass is 35.5. The zero-order valence-electron chi connectivity index (χ0n) is 14.5. The molecule has 27 heavy (non-hydrogen) atoms. The smallest absolute Gasteiger partial charge is 0.339 e. The summed E-state index contributed by atoms with van der Waals surface area (Å²) in [5, 5.41) is 24.1. The van der Waals surface area contributed by atoms with Crippen LogP contribution in [0.5, 0.6) is 5.75 Å². The third-order valence-corrected chi connectivity index (χ3v) is 4.08. The van der Waals surface area contributed by atoms with Crippen molar-refractivity contribution in [1.82, 2.24) is 20.2 Å². The molecule has 0 aliphatic carbocycles. The Morgan fingerprint density at radius 2 is 2.04 bits per heavy atom. The highest BCUT2D eigenvalue weighted by molar-refractivity contribution is 6.33. The molecule has 0 bridgehead atoms. The first-order valence-corrected chi connectivity index (χ1v) is 8.26. The maximum absolute atomic E-state index is 11.2. The van der Waals surface area contributed by atoms with Gasteiger partial charge in [0, 0.05) is 18.3 Å². The number of ether oxygens (including phenoxy) is 1. The van der Waals surface area contributed by atoms with Crippen molar-refractivity contribution in [3.63, 3.8) is 0 Å². The van der Waals surface area contributed by atoms with E-state index in [1.165, 1.54) is 19.2 Å². The van der Waals surface area contributed by atoms with Crippen molar-refractivity contribution in [3.05, 3.63) is 64.6 Å². The lowest BCUT2D eigenvalue weighted by molar-refractivity contribution is 0.0693. The van der Waals surface area contributed by atoms with Gasteiger partial charge < -0.3 is 15.2 Å². The molecule has 9 heteroatoms. The summed E-state index contributed by atoms with van der Waals surface area (Å²) in [5.41, 5.74) is 2.44. The van der Waals surface area contributed by atoms with Gasteiger partial charge in [-0.15, -0.1) is 5.10 Å². The fraction of sp³-hybridized carbons (Fsp3) is 0.111. The maximum atomic E-state index is 11.2. The van der Waals surface area contributed by atoms with Crippen LogP contribution in [0.2, 0.25) is 5.02 Å². The number of aromatic nitrogens is 4. The molecule has 1 heterocycles. The summed E-state index contributed by atoms with van der Waals surface area (Å²) in [6.45, 7) is 2.00. The molecule has 0 amide bonds. The highest BCUT2D eigenvalue weighted by Gasteiger charge is 2.14. The molecule has 3 rings (SSSR count). The van der Waals surface area contributed by atoms with E-state index in [0.29, 0.717) is 11.5 Å². The largest absolute Gasteiger partial charge is 0.496 e. The van der Waals surface area contributed by atoms with Crippen molar-refractivity contribution >= 4 is 29.3 Å². The number of carboxylic acid groups (broad SMARTS) is 1. The molecule has 2 aromatic carbocycles. The minimum atomic E-state index is -1.12. The number of tetrazole rings is 1. The Hall–Kier alpha value is -3.39. The Kier molecular flexibility index (Phi) is 5.37. The third-order valence-electron chi connectivity index (χ3n) is 3.76. The average Bonchev–Trinajstić information content (AvgIpc) is 3.11. The molecule has 0 saturated heterocycles. The lowest BCUT2D eigenvalue weighted by atomic mass is 10.2. The van der Waals surface area contributed by atoms with Gasteiger partial charge in [-0.05, 0) is 35.5 Å². The second kappa shape index (κ2) is 7.88. The number of benzene rings is 2. The molecule has 3 aromatic rings. The Bertz CT molecular complexity index is 999. The molecular weight excluding hydrogens is 370 g/mol. The fourth-order valence-corrected chi connectivity index (χ4v) is 2.59. The first-order valence-electron chi connectivity index (χ1n) is 7.89. The second-order valence-electron chi connectivity index (χ2n) is 5.60. The van der Waals surface area contributed by atoms with Gasteiger partial charge in [-0.2, -0.15) is 4.68 Å². The number of aromatic carboxylic acids is 1. The van der Waals surface area contributed by atoms with Gasteiger partial charge in [-0.1, -0.05) is 29.3 Å². The highest BCUT2D eigenvalue weighted by Crippen LogP contribution is 2.31. The zero-order chi connectivity index (χ0) is 19.4. The molecule has 2 N–H and O–H groups in total. The Balaban J connectivity index is 1.82. The van der Waals surface area contributed by atoms with Crippen molar-refractivity contribution in [1.29, 1.82) is 0 Å². The number of nitrogens with zero attached hydrogens (tertiary/aromatic N) is 4. The first kappa shape index (κ1) is 18.4. The van der Waals surface area contributed by atoms with E-state index in [9.17, 15) is 9.90 Å². The Morgan fingerprint density at radius 1 is 1.30 bits per heavy atom. The van der Waals surface area contributed by atoms with Gasteiger partial charge in [0.25, 0.3) is 0 Å². The van der Waals surface area contributed by atoms with Crippen molar-refractivity contribution in [2.24, 2.45) is 0 Å². The van der Waals surface area contributed by atoms with Crippen LogP contribution in [0.3, 0.4) is 0 Å². The minimum absolute atomic E-state index is 0.0136. The predicted molar refractivity (Wildman–Crippen MR) is 102 cm³/mol. The zero-order valence-corrected chi connectivity index (χ0v) is 15.3. The number of hydrogen-bond donors (Lipinski definition) is 2. The molecule has 0 atom stereocenters. The number of rotatable bonds is 6. The SMILES string of the molecule is COc1cc(N/C=C/c2nnnn2-c2ccc(C)cc2)c(Cl)cc1C(=O)O. The quantitative estimate of drug-likeness (QED) is 0.670. The molecule has 0 unspecified atom stereocenters. The van der Waals surface area contributed by atoms with Crippen LogP contribution in [0.15, 0.2) is 42.6 Å². The number of nitrogens with one attached hydrogen (secondary N) is 1. The van der Waals surface area contributed by atoms with E-state index >= 15 is 0 Å². The van der Waals surface area contributed by atoms with E-state index in [1.54, 1.807) is 17.0 Å². The summed E-state index contributed by atoms with van der Waals surface area (Å²) >= 11 is 6.14. The summed E-state index contributed by atoms with van der Waals surface area (Å²) in [5.74, 6) is -0.406. The van der Waals surface area contributed by atoms with Gasteiger partial charge in [-0.25, -0.2) is 4.79 Å².